The lowest BCUT2D eigenvalue weighted by molar-refractivity contribution is -0.166. The van der Waals surface area contributed by atoms with Crippen LogP contribution in [0.3, 0.4) is 0 Å². The number of hydrogen-bond donors (Lipinski definition) is 5. The molecule has 0 radical (unpaired) electrons. The van der Waals surface area contributed by atoms with Crippen LogP contribution in [0, 0.1) is 0 Å². The third-order valence-corrected chi connectivity index (χ3v) is 6.18. The molecule has 6 N–H and O–H groups in total. The number of unbranched alkanes of at least 4 members (excludes halogenated alkanes) is 6. The molecule has 0 bridgehead atoms. The third kappa shape index (κ3) is 20.8. The van der Waals surface area contributed by atoms with Crippen molar-refractivity contribution in [3.8, 4) is 0 Å². The van der Waals surface area contributed by atoms with Gasteiger partial charge >= 0.3 is 0 Å². The van der Waals surface area contributed by atoms with Gasteiger partial charge in [0.05, 0.1) is 0 Å². The Balaban J connectivity index is 3.75. The van der Waals surface area contributed by atoms with Crippen molar-refractivity contribution in [1.29, 1.82) is 0 Å². The molecule has 0 aliphatic rings. The number of rotatable bonds is 23. The first kappa shape index (κ1) is 36.2. The molecule has 39 heavy (non-hydrogen) atoms. The van der Waals surface area contributed by atoms with Gasteiger partial charge in [-0.15, -0.1) is 0 Å². The van der Waals surface area contributed by atoms with E-state index in [9.17, 15) is 34.4 Å². The Morgan fingerprint density at radius 2 is 1.03 bits per heavy atom. The minimum atomic E-state index is -0.521. The zero-order valence-corrected chi connectivity index (χ0v) is 23.8. The average Bonchev–Trinajstić information content (AvgIpc) is 2.91. The number of nitrogens with two attached hydrogens (primary N) is 1. The van der Waals surface area contributed by atoms with Crippen molar-refractivity contribution < 1.29 is 34.4 Å². The predicted octanol–water partition coefficient (Wildman–Crippen LogP) is 1.16. The van der Waals surface area contributed by atoms with Crippen LogP contribution in [0.1, 0.15) is 90.4 Å². The topological polar surface area (TPSA) is 186 Å². The van der Waals surface area contributed by atoms with E-state index >= 15 is 0 Å². The van der Waals surface area contributed by atoms with E-state index in [4.69, 9.17) is 5.73 Å². The maximum absolute atomic E-state index is 12.0. The molecule has 0 aromatic rings. The highest BCUT2D eigenvalue weighted by molar-refractivity contribution is 5.83. The van der Waals surface area contributed by atoms with Crippen molar-refractivity contribution in [3.05, 3.63) is 0 Å². The molecule has 0 aliphatic carbocycles. The van der Waals surface area contributed by atoms with E-state index in [1.54, 1.807) is 11.9 Å². The summed E-state index contributed by atoms with van der Waals surface area (Å²) in [6, 6.07) is 0. The Morgan fingerprint density at radius 1 is 0.615 bits per heavy atom. The normalized spacial score (nSPS) is 10.6. The van der Waals surface area contributed by atoms with Crippen LogP contribution in [0.4, 0.5) is 0 Å². The van der Waals surface area contributed by atoms with Crippen molar-refractivity contribution in [2.45, 2.75) is 90.4 Å². The van der Waals surface area contributed by atoms with Gasteiger partial charge in [0, 0.05) is 72.4 Å². The summed E-state index contributed by atoms with van der Waals surface area (Å²) in [5, 5.41) is 26.3. The van der Waals surface area contributed by atoms with E-state index in [1.165, 1.54) is 6.92 Å². The van der Waals surface area contributed by atoms with Gasteiger partial charge in [0.2, 0.25) is 29.5 Å². The summed E-state index contributed by atoms with van der Waals surface area (Å²) in [5.41, 5.74) is 5.40. The fraction of sp³-hybridized carbons (Fsp3) is 0.808. The lowest BCUT2D eigenvalue weighted by atomic mass is 10.2. The van der Waals surface area contributed by atoms with Crippen molar-refractivity contribution in [2.24, 2.45) is 5.73 Å². The average molecular weight is 559 g/mol. The van der Waals surface area contributed by atoms with E-state index in [0.717, 1.165) is 32.1 Å². The molecule has 0 saturated heterocycles. The number of carbonyl (C=O) groups is 5. The fourth-order valence-corrected chi connectivity index (χ4v) is 3.54. The minimum absolute atomic E-state index is 0.000170. The van der Waals surface area contributed by atoms with E-state index in [0.29, 0.717) is 62.0 Å². The number of hydroxylamine groups is 4. The molecule has 226 valence electrons. The number of nitrogens with one attached hydrogen (secondary N) is 2. The van der Waals surface area contributed by atoms with Crippen LogP contribution in [0.2, 0.25) is 0 Å². The molecule has 0 unspecified atom stereocenters. The van der Waals surface area contributed by atoms with Crippen LogP contribution in [0.15, 0.2) is 0 Å². The van der Waals surface area contributed by atoms with Crippen molar-refractivity contribution >= 4 is 29.5 Å². The molecule has 0 heterocycles. The molecule has 13 nitrogen and oxygen atoms in total. The van der Waals surface area contributed by atoms with Gasteiger partial charge in [-0.1, -0.05) is 6.42 Å². The number of carbonyl (C=O) groups excluding carboxylic acids is 5. The summed E-state index contributed by atoms with van der Waals surface area (Å²) in [6.07, 6.45) is 6.51. The highest BCUT2D eigenvalue weighted by Gasteiger charge is 2.14. The zero-order valence-electron chi connectivity index (χ0n) is 23.8. The molecule has 0 rings (SSSR count). The second-order valence-corrected chi connectivity index (χ2v) is 9.64. The molecule has 13 heteroatoms. The maximum Gasteiger partial charge on any atom is 0.246 e. The SMILES string of the molecule is CC(=O)N(C)CCCCCNC(=O)CCC(=O)N(O)CCCCCNC(=O)CCC(=O)N(O)CCCCCN. The van der Waals surface area contributed by atoms with Gasteiger partial charge in [-0.2, -0.15) is 0 Å². The van der Waals surface area contributed by atoms with E-state index in [2.05, 4.69) is 10.6 Å². The smallest absolute Gasteiger partial charge is 0.246 e. The third-order valence-electron chi connectivity index (χ3n) is 6.18. The second-order valence-electron chi connectivity index (χ2n) is 9.64. The predicted molar refractivity (Wildman–Crippen MR) is 145 cm³/mol. The summed E-state index contributed by atoms with van der Waals surface area (Å²) in [6.45, 7) is 4.04. The van der Waals surface area contributed by atoms with Crippen LogP contribution >= 0.6 is 0 Å². The maximum atomic E-state index is 12.0. The van der Waals surface area contributed by atoms with Crippen LogP contribution in [-0.4, -0.2) is 101 Å². The summed E-state index contributed by atoms with van der Waals surface area (Å²) >= 11 is 0. The van der Waals surface area contributed by atoms with Crippen LogP contribution in [0.25, 0.3) is 0 Å². The largest absolute Gasteiger partial charge is 0.356 e. The quantitative estimate of drug-likeness (QED) is 0.0702. The molecular formula is C26H50N6O7. The Hall–Kier alpha value is -2.77. The Bertz CT molecular complexity index is 738. The molecule has 0 aromatic carbocycles. The van der Waals surface area contributed by atoms with Gasteiger partial charge in [0.1, 0.15) is 0 Å². The first-order valence-electron chi connectivity index (χ1n) is 14.0. The Labute approximate surface area is 232 Å². The first-order chi connectivity index (χ1) is 18.6. The fourth-order valence-electron chi connectivity index (χ4n) is 3.54. The zero-order chi connectivity index (χ0) is 29.5. The van der Waals surface area contributed by atoms with E-state index in [1.807, 2.05) is 0 Å². The lowest BCUT2D eigenvalue weighted by Crippen LogP contribution is -2.31. The molecule has 0 fully saturated rings. The van der Waals surface area contributed by atoms with Crippen molar-refractivity contribution in [1.82, 2.24) is 25.7 Å². The van der Waals surface area contributed by atoms with Crippen LogP contribution < -0.4 is 16.4 Å². The molecule has 0 atom stereocenters. The minimum Gasteiger partial charge on any atom is -0.356 e. The van der Waals surface area contributed by atoms with Crippen LogP contribution in [-0.2, 0) is 24.0 Å². The Morgan fingerprint density at radius 3 is 1.44 bits per heavy atom. The standard InChI is InChI=1S/C26H50N6O7/c1-22(33)30(2)19-9-4-7-17-28-23(34)13-15-26(37)32(39)21-11-5-8-18-29-24(35)12-14-25(36)31(38)20-10-3-6-16-27/h38-39H,3-21,27H2,1-2H3,(H,28,34)(H,29,35). The number of nitrogens with zero attached hydrogens (tertiary/aromatic N) is 3. The molecule has 0 spiro atoms. The molecule has 5 amide bonds. The van der Waals surface area contributed by atoms with Crippen molar-refractivity contribution in [3.63, 3.8) is 0 Å². The van der Waals surface area contributed by atoms with Gasteiger partial charge in [-0.05, 0) is 57.9 Å². The van der Waals surface area contributed by atoms with Gasteiger partial charge in [-0.3, -0.25) is 34.4 Å². The molecule has 0 saturated carbocycles. The van der Waals surface area contributed by atoms with Crippen LogP contribution in [0.5, 0.6) is 0 Å². The summed E-state index contributed by atoms with van der Waals surface area (Å²) < 4.78 is 0. The molecular weight excluding hydrogens is 508 g/mol. The number of amides is 5. The second kappa shape index (κ2) is 23.1. The highest BCUT2D eigenvalue weighted by atomic mass is 16.5. The monoisotopic (exact) mass is 558 g/mol. The van der Waals surface area contributed by atoms with Crippen molar-refractivity contribution in [2.75, 3.05) is 46.3 Å². The van der Waals surface area contributed by atoms with E-state index in [-0.39, 0.29) is 56.5 Å². The van der Waals surface area contributed by atoms with Gasteiger partial charge in [0.25, 0.3) is 0 Å². The number of hydrogen-bond acceptors (Lipinski definition) is 8. The lowest BCUT2D eigenvalue weighted by Gasteiger charge is -2.15. The van der Waals surface area contributed by atoms with E-state index < -0.39 is 11.8 Å². The molecule has 0 aromatic heterocycles. The first-order valence-corrected chi connectivity index (χ1v) is 14.0. The summed E-state index contributed by atoms with van der Waals surface area (Å²) in [5.74, 6) is -1.51. The molecule has 0 aliphatic heterocycles. The summed E-state index contributed by atoms with van der Waals surface area (Å²) in [4.78, 5) is 60.4. The van der Waals surface area contributed by atoms with Gasteiger partial charge in [0.15, 0.2) is 0 Å². The summed E-state index contributed by atoms with van der Waals surface area (Å²) in [7, 11) is 1.75. The highest BCUT2D eigenvalue weighted by Crippen LogP contribution is 2.03. The van der Waals surface area contributed by atoms with Gasteiger partial charge in [-0.25, -0.2) is 10.1 Å². The Kier molecular flexibility index (Phi) is 21.5. The van der Waals surface area contributed by atoms with Gasteiger partial charge < -0.3 is 21.3 Å².